The van der Waals surface area contributed by atoms with Crippen LogP contribution in [0.2, 0.25) is 0 Å². The van der Waals surface area contributed by atoms with Crippen LogP contribution in [-0.4, -0.2) is 30.5 Å². The first-order chi connectivity index (χ1) is 7.33. The van der Waals surface area contributed by atoms with Gasteiger partial charge in [-0.3, -0.25) is 9.78 Å². The monoisotopic (exact) mass is 316 g/mol. The van der Waals surface area contributed by atoms with Crippen LogP contribution in [0.1, 0.15) is 5.69 Å². The molecule has 0 aliphatic heterocycles. The predicted molar refractivity (Wildman–Crippen MR) is 79.8 cm³/mol. The van der Waals surface area contributed by atoms with Crippen molar-refractivity contribution in [3.8, 4) is 0 Å². The van der Waals surface area contributed by atoms with Crippen LogP contribution in [-0.2, 0) is 11.3 Å². The highest BCUT2D eigenvalue weighted by atomic mass is 35.5. The van der Waals surface area contributed by atoms with E-state index in [4.69, 9.17) is 5.73 Å². The predicted octanol–water partition coefficient (Wildman–Crippen LogP) is 0.511. The summed E-state index contributed by atoms with van der Waals surface area (Å²) in [4.78, 5) is 15.3. The molecule has 106 valence electrons. The molecule has 0 bridgehead atoms. The fourth-order valence-electron chi connectivity index (χ4n) is 1.06. The molecule has 1 amide bonds. The van der Waals surface area contributed by atoms with E-state index in [0.717, 1.165) is 5.69 Å². The summed E-state index contributed by atoms with van der Waals surface area (Å²) in [7, 11) is 0. The van der Waals surface area contributed by atoms with Crippen molar-refractivity contribution in [1.29, 1.82) is 0 Å². The first kappa shape index (κ1) is 22.6. The summed E-state index contributed by atoms with van der Waals surface area (Å²) in [5.41, 5.74) is 6.13. The maximum Gasteiger partial charge on any atom is 0.234 e. The molecular weight excluding hydrogens is 298 g/mol. The molecule has 0 aliphatic carbocycles. The zero-order chi connectivity index (χ0) is 10.9. The van der Waals surface area contributed by atoms with E-state index in [2.05, 4.69) is 15.6 Å². The van der Waals surface area contributed by atoms with E-state index in [1.54, 1.807) is 6.20 Å². The summed E-state index contributed by atoms with van der Waals surface area (Å²) in [6, 6.07) is 5.60. The molecule has 0 spiro atoms. The van der Waals surface area contributed by atoms with Crippen molar-refractivity contribution in [2.24, 2.45) is 5.73 Å². The molecule has 4 N–H and O–H groups in total. The van der Waals surface area contributed by atoms with Gasteiger partial charge in [-0.1, -0.05) is 6.07 Å². The van der Waals surface area contributed by atoms with Gasteiger partial charge in [-0.05, 0) is 12.1 Å². The molecule has 1 rings (SSSR count). The molecule has 0 radical (unpaired) electrons. The van der Waals surface area contributed by atoms with Crippen molar-refractivity contribution in [3.05, 3.63) is 30.1 Å². The Morgan fingerprint density at radius 2 is 2.00 bits per heavy atom. The maximum absolute atomic E-state index is 11.2. The molecule has 0 saturated heterocycles. The van der Waals surface area contributed by atoms with E-state index in [1.165, 1.54) is 0 Å². The normalized spacial score (nSPS) is 8.28. The van der Waals surface area contributed by atoms with Gasteiger partial charge >= 0.3 is 0 Å². The minimum atomic E-state index is -0.0471. The van der Waals surface area contributed by atoms with E-state index in [1.807, 2.05) is 18.2 Å². The van der Waals surface area contributed by atoms with E-state index in [0.29, 0.717) is 26.2 Å². The minimum Gasteiger partial charge on any atom is -0.349 e. The summed E-state index contributed by atoms with van der Waals surface area (Å²) in [6.45, 7) is 1.94. The van der Waals surface area contributed by atoms with Crippen LogP contribution in [0.25, 0.3) is 0 Å². The molecule has 0 unspecified atom stereocenters. The first-order valence-electron chi connectivity index (χ1n) is 4.90. The van der Waals surface area contributed by atoms with E-state index < -0.39 is 0 Å². The zero-order valence-electron chi connectivity index (χ0n) is 9.80. The molecule has 0 atom stereocenters. The third kappa shape index (κ3) is 10.6. The molecule has 8 heteroatoms. The fraction of sp³-hybridized carbons (Fsp3) is 0.400. The molecule has 5 nitrogen and oxygen atoms in total. The average Bonchev–Trinajstić information content (AvgIpc) is 2.28. The maximum atomic E-state index is 11.2. The highest BCUT2D eigenvalue weighted by molar-refractivity contribution is 5.86. The molecule has 0 aromatic carbocycles. The summed E-state index contributed by atoms with van der Waals surface area (Å²) in [5, 5.41) is 5.67. The van der Waals surface area contributed by atoms with E-state index >= 15 is 0 Å². The molecule has 18 heavy (non-hydrogen) atoms. The third-order valence-electron chi connectivity index (χ3n) is 1.80. The Hall–Kier alpha value is -0.590. The number of carbonyl (C=O) groups is 1. The highest BCUT2D eigenvalue weighted by Gasteiger charge is 1.99. The van der Waals surface area contributed by atoms with Crippen molar-refractivity contribution in [3.63, 3.8) is 0 Å². The second-order valence-electron chi connectivity index (χ2n) is 3.06. The van der Waals surface area contributed by atoms with Gasteiger partial charge < -0.3 is 16.4 Å². The lowest BCUT2D eigenvalue weighted by Gasteiger charge is -2.05. The minimum absolute atomic E-state index is 0. The van der Waals surface area contributed by atoms with Gasteiger partial charge in [0.15, 0.2) is 0 Å². The van der Waals surface area contributed by atoms with Gasteiger partial charge in [0.1, 0.15) is 0 Å². The number of hydrogen-bond donors (Lipinski definition) is 3. The number of hydrogen-bond acceptors (Lipinski definition) is 4. The Kier molecular flexibility index (Phi) is 18.2. The van der Waals surface area contributed by atoms with Crippen LogP contribution in [0.4, 0.5) is 0 Å². The van der Waals surface area contributed by atoms with Gasteiger partial charge in [-0.2, -0.15) is 0 Å². The number of nitrogens with one attached hydrogen (secondary N) is 2. The number of halogens is 3. The number of amides is 1. The van der Waals surface area contributed by atoms with Crippen molar-refractivity contribution >= 4 is 43.1 Å². The van der Waals surface area contributed by atoms with Crippen molar-refractivity contribution in [2.45, 2.75) is 6.54 Å². The number of nitrogens with two attached hydrogens (primary N) is 1. The van der Waals surface area contributed by atoms with Crippen LogP contribution >= 0.6 is 37.2 Å². The largest absolute Gasteiger partial charge is 0.349 e. The summed E-state index contributed by atoms with van der Waals surface area (Å²) in [6.07, 6.45) is 1.70. The van der Waals surface area contributed by atoms with Crippen LogP contribution in [0, 0.1) is 0 Å². The van der Waals surface area contributed by atoms with Gasteiger partial charge in [0.25, 0.3) is 0 Å². The Morgan fingerprint density at radius 1 is 1.28 bits per heavy atom. The highest BCUT2D eigenvalue weighted by Crippen LogP contribution is 1.91. The van der Waals surface area contributed by atoms with Gasteiger partial charge in [-0.25, -0.2) is 0 Å². The Morgan fingerprint density at radius 3 is 2.56 bits per heavy atom. The molecule has 1 heterocycles. The lowest BCUT2D eigenvalue weighted by molar-refractivity contribution is -0.120. The summed E-state index contributed by atoms with van der Waals surface area (Å²) in [5.74, 6) is -0.0471. The van der Waals surface area contributed by atoms with Crippen LogP contribution in [0.15, 0.2) is 24.4 Å². The molecular formula is C10H19Cl3N4O. The van der Waals surface area contributed by atoms with E-state index in [9.17, 15) is 4.79 Å². The number of pyridine rings is 1. The first-order valence-corrected chi connectivity index (χ1v) is 4.90. The van der Waals surface area contributed by atoms with Gasteiger partial charge in [-0.15, -0.1) is 37.2 Å². The number of rotatable bonds is 6. The van der Waals surface area contributed by atoms with Gasteiger partial charge in [0.2, 0.25) is 5.91 Å². The quantitative estimate of drug-likeness (QED) is 0.668. The van der Waals surface area contributed by atoms with E-state index in [-0.39, 0.29) is 43.1 Å². The smallest absolute Gasteiger partial charge is 0.234 e. The van der Waals surface area contributed by atoms with Crippen LogP contribution < -0.4 is 16.4 Å². The average molecular weight is 318 g/mol. The van der Waals surface area contributed by atoms with Crippen molar-refractivity contribution in [2.75, 3.05) is 19.6 Å². The SMILES string of the molecule is Cl.Cl.Cl.NCCNCC(=O)NCc1ccccn1. The molecule has 1 aromatic heterocycles. The molecule has 0 fully saturated rings. The lowest BCUT2D eigenvalue weighted by Crippen LogP contribution is -2.35. The fourth-order valence-corrected chi connectivity index (χ4v) is 1.06. The lowest BCUT2D eigenvalue weighted by atomic mass is 10.3. The topological polar surface area (TPSA) is 80.0 Å². The Labute approximate surface area is 126 Å². The van der Waals surface area contributed by atoms with Gasteiger partial charge in [0, 0.05) is 19.3 Å². The van der Waals surface area contributed by atoms with Gasteiger partial charge in [0.05, 0.1) is 18.8 Å². The second-order valence-corrected chi connectivity index (χ2v) is 3.06. The second kappa shape index (κ2) is 14.5. The van der Waals surface area contributed by atoms with Crippen LogP contribution in [0.5, 0.6) is 0 Å². The molecule has 1 aromatic rings. The number of nitrogens with zero attached hydrogens (tertiary/aromatic N) is 1. The summed E-state index contributed by atoms with van der Waals surface area (Å²) < 4.78 is 0. The summed E-state index contributed by atoms with van der Waals surface area (Å²) >= 11 is 0. The Balaban J connectivity index is -0.000000750. The molecule has 0 saturated carbocycles. The Bertz CT molecular complexity index is 300. The zero-order valence-corrected chi connectivity index (χ0v) is 12.2. The number of aromatic nitrogens is 1. The van der Waals surface area contributed by atoms with Crippen molar-refractivity contribution in [1.82, 2.24) is 15.6 Å². The van der Waals surface area contributed by atoms with Crippen LogP contribution in [0.3, 0.4) is 0 Å². The third-order valence-corrected chi connectivity index (χ3v) is 1.80. The number of carbonyl (C=O) groups excluding carboxylic acids is 1. The van der Waals surface area contributed by atoms with Crippen molar-refractivity contribution < 1.29 is 4.79 Å². The molecule has 0 aliphatic rings. The standard InChI is InChI=1S/C10H16N4O.3ClH/c11-4-6-12-8-10(15)14-7-9-3-1-2-5-13-9;;;/h1-3,5,12H,4,6-8,11H2,(H,14,15);3*1H.